The van der Waals surface area contributed by atoms with E-state index in [1.165, 1.54) is 0 Å². The van der Waals surface area contributed by atoms with Gasteiger partial charge in [-0.3, -0.25) is 4.79 Å². The maximum Gasteiger partial charge on any atom is 0.338 e. The number of nitrogens with one attached hydrogen (secondary N) is 1. The molecule has 2 aromatic carbocycles. The number of carbonyl (C=O) groups is 2. The zero-order valence-electron chi connectivity index (χ0n) is 14.7. The molecule has 130 valence electrons. The van der Waals surface area contributed by atoms with Crippen LogP contribution in [0, 0.1) is 0 Å². The first-order valence-electron chi connectivity index (χ1n) is 8.37. The molecule has 25 heavy (non-hydrogen) atoms. The summed E-state index contributed by atoms with van der Waals surface area (Å²) in [5.41, 5.74) is 2.45. The van der Waals surface area contributed by atoms with Crippen LogP contribution in [0.25, 0.3) is 0 Å². The van der Waals surface area contributed by atoms with E-state index in [0.29, 0.717) is 18.7 Å². The molecule has 0 radical (unpaired) electrons. The van der Waals surface area contributed by atoms with Crippen molar-refractivity contribution in [3.63, 3.8) is 0 Å². The molecule has 5 heteroatoms. The minimum atomic E-state index is -0.687. The summed E-state index contributed by atoms with van der Waals surface area (Å²) < 4.78 is 5.05. The van der Waals surface area contributed by atoms with Crippen LogP contribution < -0.4 is 10.2 Å². The number of nitrogens with zero attached hydrogens (tertiary/aromatic N) is 1. The lowest BCUT2D eigenvalue weighted by Gasteiger charge is -2.40. The summed E-state index contributed by atoms with van der Waals surface area (Å²) in [6.07, 6.45) is 0. The fraction of sp³-hybridized carbons (Fsp3) is 0.300. The second kappa shape index (κ2) is 6.59. The Labute approximate surface area is 147 Å². The highest BCUT2D eigenvalue weighted by molar-refractivity contribution is 6.07. The second-order valence-corrected chi connectivity index (χ2v) is 6.58. The summed E-state index contributed by atoms with van der Waals surface area (Å²) in [5.74, 6) is -0.357. The molecule has 1 aliphatic rings. The van der Waals surface area contributed by atoms with Gasteiger partial charge in [0.1, 0.15) is 5.54 Å². The van der Waals surface area contributed by atoms with Crippen LogP contribution in [0.3, 0.4) is 0 Å². The van der Waals surface area contributed by atoms with E-state index in [0.717, 1.165) is 16.9 Å². The van der Waals surface area contributed by atoms with Crippen molar-refractivity contribution in [3.8, 4) is 0 Å². The van der Waals surface area contributed by atoms with Gasteiger partial charge in [0, 0.05) is 0 Å². The van der Waals surface area contributed by atoms with E-state index < -0.39 is 5.54 Å². The van der Waals surface area contributed by atoms with E-state index in [4.69, 9.17) is 4.74 Å². The van der Waals surface area contributed by atoms with Gasteiger partial charge < -0.3 is 15.0 Å². The van der Waals surface area contributed by atoms with Crippen LogP contribution in [-0.2, 0) is 16.1 Å². The molecule has 0 bridgehead atoms. The molecule has 0 spiro atoms. The van der Waals surface area contributed by atoms with Crippen molar-refractivity contribution in [3.05, 3.63) is 59.7 Å². The molecule has 1 heterocycles. The lowest BCUT2D eigenvalue weighted by Crippen LogP contribution is -2.53. The monoisotopic (exact) mass is 338 g/mol. The van der Waals surface area contributed by atoms with Crippen molar-refractivity contribution in [1.29, 1.82) is 0 Å². The first-order valence-corrected chi connectivity index (χ1v) is 8.37. The van der Waals surface area contributed by atoms with Gasteiger partial charge in [-0.25, -0.2) is 4.79 Å². The van der Waals surface area contributed by atoms with Crippen molar-refractivity contribution in [2.45, 2.75) is 32.9 Å². The predicted octanol–water partition coefficient (Wildman–Crippen LogP) is 3.60. The zero-order chi connectivity index (χ0) is 18.0. The summed E-state index contributed by atoms with van der Waals surface area (Å²) in [6.45, 7) is 6.25. The molecule has 0 aromatic heterocycles. The molecule has 3 rings (SSSR count). The smallest absolute Gasteiger partial charge is 0.338 e. The fourth-order valence-electron chi connectivity index (χ4n) is 3.00. The Kier molecular flexibility index (Phi) is 4.49. The lowest BCUT2D eigenvalue weighted by molar-refractivity contribution is -0.122. The molecule has 0 atom stereocenters. The molecule has 0 saturated carbocycles. The molecule has 1 amide bonds. The standard InChI is InChI=1S/C20H22N2O3/c1-4-25-18(23)15-9-7-8-14(12-15)13-22-17-11-6-5-10-16(17)21-20(2,3)19(22)24/h5-12,21H,4,13H2,1-3H3. The number of hydrogen-bond donors (Lipinski definition) is 1. The van der Waals surface area contributed by atoms with E-state index in [9.17, 15) is 9.59 Å². The van der Waals surface area contributed by atoms with Crippen LogP contribution in [0.4, 0.5) is 11.4 Å². The van der Waals surface area contributed by atoms with Gasteiger partial charge in [0.25, 0.3) is 5.91 Å². The van der Waals surface area contributed by atoms with E-state index in [1.54, 1.807) is 24.0 Å². The van der Waals surface area contributed by atoms with Gasteiger partial charge in [-0.1, -0.05) is 24.3 Å². The maximum absolute atomic E-state index is 12.9. The van der Waals surface area contributed by atoms with Crippen molar-refractivity contribution >= 4 is 23.3 Å². The maximum atomic E-state index is 12.9. The molecule has 1 aliphatic heterocycles. The molecule has 5 nitrogen and oxygen atoms in total. The van der Waals surface area contributed by atoms with E-state index in [1.807, 2.05) is 50.2 Å². The van der Waals surface area contributed by atoms with Crippen LogP contribution in [-0.4, -0.2) is 24.0 Å². The number of esters is 1. The summed E-state index contributed by atoms with van der Waals surface area (Å²) >= 11 is 0. The fourth-order valence-corrected chi connectivity index (χ4v) is 3.00. The Balaban J connectivity index is 1.93. The van der Waals surface area contributed by atoms with Crippen LogP contribution in [0.2, 0.25) is 0 Å². The highest BCUT2D eigenvalue weighted by Crippen LogP contribution is 2.35. The van der Waals surface area contributed by atoms with Gasteiger partial charge in [0.05, 0.1) is 30.1 Å². The van der Waals surface area contributed by atoms with Crippen LogP contribution >= 0.6 is 0 Å². The topological polar surface area (TPSA) is 58.6 Å². The van der Waals surface area contributed by atoms with Gasteiger partial charge in [-0.15, -0.1) is 0 Å². The van der Waals surface area contributed by atoms with Crippen molar-refractivity contribution in [1.82, 2.24) is 0 Å². The van der Waals surface area contributed by atoms with E-state index in [-0.39, 0.29) is 11.9 Å². The number of benzene rings is 2. The molecule has 1 N–H and O–H groups in total. The third kappa shape index (κ3) is 3.36. The summed E-state index contributed by atoms with van der Waals surface area (Å²) in [6, 6.07) is 15.0. The average molecular weight is 338 g/mol. The first-order chi connectivity index (χ1) is 11.9. The van der Waals surface area contributed by atoms with Gasteiger partial charge >= 0.3 is 5.97 Å². The average Bonchev–Trinajstić information content (AvgIpc) is 2.59. The molecular formula is C20H22N2O3. The van der Waals surface area contributed by atoms with Gasteiger partial charge in [-0.2, -0.15) is 0 Å². The van der Waals surface area contributed by atoms with Gasteiger partial charge in [0.2, 0.25) is 0 Å². The molecule has 0 saturated heterocycles. The van der Waals surface area contributed by atoms with Crippen molar-refractivity contribution in [2.75, 3.05) is 16.8 Å². The van der Waals surface area contributed by atoms with Crippen molar-refractivity contribution < 1.29 is 14.3 Å². The number of amides is 1. The second-order valence-electron chi connectivity index (χ2n) is 6.58. The van der Waals surface area contributed by atoms with E-state index in [2.05, 4.69) is 5.32 Å². The number of rotatable bonds is 4. The summed E-state index contributed by atoms with van der Waals surface area (Å²) in [7, 11) is 0. The summed E-state index contributed by atoms with van der Waals surface area (Å²) in [5, 5.41) is 3.28. The quantitative estimate of drug-likeness (QED) is 0.866. The predicted molar refractivity (Wildman–Crippen MR) is 97.7 cm³/mol. The molecule has 0 aliphatic carbocycles. The Bertz CT molecular complexity index is 814. The van der Waals surface area contributed by atoms with Crippen LogP contribution in [0.1, 0.15) is 36.7 Å². The highest BCUT2D eigenvalue weighted by Gasteiger charge is 2.38. The third-order valence-electron chi connectivity index (χ3n) is 4.20. The molecule has 0 fully saturated rings. The number of carbonyl (C=O) groups excluding carboxylic acids is 2. The van der Waals surface area contributed by atoms with Crippen LogP contribution in [0.5, 0.6) is 0 Å². The number of fused-ring (bicyclic) bond motifs is 1. The Hall–Kier alpha value is -2.82. The Morgan fingerprint density at radius 1 is 1.16 bits per heavy atom. The zero-order valence-corrected chi connectivity index (χ0v) is 14.7. The minimum absolute atomic E-state index is 0.00672. The largest absolute Gasteiger partial charge is 0.462 e. The van der Waals surface area contributed by atoms with Gasteiger partial charge in [0.15, 0.2) is 0 Å². The molecule has 0 unspecified atom stereocenters. The SMILES string of the molecule is CCOC(=O)c1cccc(CN2C(=O)C(C)(C)Nc3ccccc32)c1. The normalized spacial score (nSPS) is 15.3. The van der Waals surface area contributed by atoms with Crippen molar-refractivity contribution in [2.24, 2.45) is 0 Å². The third-order valence-corrected chi connectivity index (χ3v) is 4.20. The lowest BCUT2D eigenvalue weighted by atomic mass is 9.97. The Morgan fingerprint density at radius 3 is 2.68 bits per heavy atom. The number of hydrogen-bond acceptors (Lipinski definition) is 4. The number of ether oxygens (including phenoxy) is 1. The molecule has 2 aromatic rings. The number of anilines is 2. The highest BCUT2D eigenvalue weighted by atomic mass is 16.5. The summed E-state index contributed by atoms with van der Waals surface area (Å²) in [4.78, 5) is 26.6. The minimum Gasteiger partial charge on any atom is -0.462 e. The molecular weight excluding hydrogens is 316 g/mol. The number of para-hydroxylation sites is 2. The van der Waals surface area contributed by atoms with E-state index >= 15 is 0 Å². The first kappa shape index (κ1) is 17.0. The van der Waals surface area contributed by atoms with Gasteiger partial charge in [-0.05, 0) is 50.6 Å². The van der Waals surface area contributed by atoms with Crippen LogP contribution in [0.15, 0.2) is 48.5 Å². The Morgan fingerprint density at radius 2 is 1.92 bits per heavy atom.